The van der Waals surface area contributed by atoms with Crippen LogP contribution in [0.3, 0.4) is 0 Å². The van der Waals surface area contributed by atoms with E-state index < -0.39 is 47.9 Å². The molecule has 0 aliphatic carbocycles. The minimum atomic E-state index is -1.20. The highest BCUT2D eigenvalue weighted by atomic mass is 16.4. The van der Waals surface area contributed by atoms with Gasteiger partial charge in [0.25, 0.3) is 0 Å². The first-order chi connectivity index (χ1) is 18.9. The fourth-order valence-corrected chi connectivity index (χ4v) is 4.02. The summed E-state index contributed by atoms with van der Waals surface area (Å²) in [5.74, 6) is -2.86. The summed E-state index contributed by atoms with van der Waals surface area (Å²) in [6, 6.07) is 4.83. The Morgan fingerprint density at radius 1 is 0.850 bits per heavy atom. The maximum absolute atomic E-state index is 13.3. The molecule has 0 aliphatic rings. The van der Waals surface area contributed by atoms with Gasteiger partial charge in [-0.05, 0) is 56.6 Å². The topological polar surface area (TPSA) is 241 Å². The van der Waals surface area contributed by atoms with Crippen LogP contribution in [0.2, 0.25) is 0 Å². The minimum Gasteiger partial charge on any atom is -0.480 e. The zero-order valence-corrected chi connectivity index (χ0v) is 23.5. The fraction of sp³-hybridized carbons (Fsp3) is 0.593. The van der Waals surface area contributed by atoms with Crippen molar-refractivity contribution in [2.45, 2.75) is 83.0 Å². The van der Waals surface area contributed by atoms with Gasteiger partial charge in [0.1, 0.15) is 18.1 Å². The van der Waals surface area contributed by atoms with Crippen molar-refractivity contribution in [3.63, 3.8) is 0 Å². The van der Waals surface area contributed by atoms with E-state index in [4.69, 9.17) is 22.9 Å². The average Bonchev–Trinajstić information content (AvgIpc) is 2.89. The van der Waals surface area contributed by atoms with Crippen molar-refractivity contribution < 1.29 is 24.3 Å². The van der Waals surface area contributed by atoms with Crippen LogP contribution in [0.1, 0.15) is 57.9 Å². The maximum atomic E-state index is 13.3. The number of hydrogen-bond acceptors (Lipinski definition) is 7. The maximum Gasteiger partial charge on any atom is 0.326 e. The highest BCUT2D eigenvalue weighted by Crippen LogP contribution is 2.09. The Morgan fingerprint density at radius 3 is 1.93 bits per heavy atom. The van der Waals surface area contributed by atoms with Crippen LogP contribution in [0.15, 0.2) is 35.3 Å². The Hall–Kier alpha value is -3.71. The Morgan fingerprint density at radius 2 is 1.40 bits per heavy atom. The lowest BCUT2D eigenvalue weighted by molar-refractivity contribution is -0.142. The molecule has 1 aromatic carbocycles. The smallest absolute Gasteiger partial charge is 0.326 e. The number of aliphatic carboxylic acids is 1. The van der Waals surface area contributed by atoms with E-state index >= 15 is 0 Å². The van der Waals surface area contributed by atoms with Crippen LogP contribution in [0.5, 0.6) is 0 Å². The van der Waals surface area contributed by atoms with E-state index in [1.165, 1.54) is 0 Å². The molecule has 0 spiro atoms. The number of hydrogen-bond donors (Lipinski definition) is 8. The largest absolute Gasteiger partial charge is 0.480 e. The van der Waals surface area contributed by atoms with Crippen molar-refractivity contribution in [2.75, 3.05) is 13.1 Å². The van der Waals surface area contributed by atoms with Gasteiger partial charge in [-0.15, -0.1) is 0 Å². The van der Waals surface area contributed by atoms with E-state index in [9.17, 15) is 24.3 Å². The third-order valence-electron chi connectivity index (χ3n) is 6.12. The molecule has 0 radical (unpaired) electrons. The van der Waals surface area contributed by atoms with Crippen LogP contribution in [0.25, 0.3) is 0 Å². The average molecular weight is 563 g/mol. The monoisotopic (exact) mass is 562 g/mol. The molecule has 13 heteroatoms. The van der Waals surface area contributed by atoms with Crippen LogP contribution in [0, 0.1) is 5.92 Å². The van der Waals surface area contributed by atoms with Crippen molar-refractivity contribution in [3.8, 4) is 0 Å². The number of nitrogens with one attached hydrogen (secondary N) is 3. The molecule has 0 aliphatic heterocycles. The lowest BCUT2D eigenvalue weighted by Gasteiger charge is -2.25. The second-order valence-electron chi connectivity index (χ2n) is 10.2. The van der Waals surface area contributed by atoms with Gasteiger partial charge in [-0.2, -0.15) is 0 Å². The molecule has 0 bridgehead atoms. The number of aliphatic imine (C=N–C) groups is 1. The Bertz CT molecular complexity index is 969. The number of carboxylic acid groups (broad SMARTS) is 1. The van der Waals surface area contributed by atoms with Crippen molar-refractivity contribution in [1.29, 1.82) is 0 Å². The summed E-state index contributed by atoms with van der Waals surface area (Å²) in [4.78, 5) is 55.1. The van der Waals surface area contributed by atoms with Crippen LogP contribution in [-0.2, 0) is 25.6 Å². The molecule has 0 saturated carbocycles. The number of unbranched alkanes of at least 4 members (excludes halogenated alkanes) is 1. The number of carbonyl (C=O) groups is 4. The molecule has 224 valence electrons. The van der Waals surface area contributed by atoms with Crippen molar-refractivity contribution >= 4 is 29.7 Å². The molecular formula is C27H46N8O5. The second kappa shape index (κ2) is 18.6. The summed E-state index contributed by atoms with van der Waals surface area (Å²) in [5, 5.41) is 17.6. The number of guanidine groups is 1. The summed E-state index contributed by atoms with van der Waals surface area (Å²) in [6.07, 6.45) is 2.41. The molecule has 40 heavy (non-hydrogen) atoms. The highest BCUT2D eigenvalue weighted by Gasteiger charge is 2.30. The van der Waals surface area contributed by atoms with Crippen LogP contribution in [-0.4, -0.2) is 72.0 Å². The standard InChI is InChI=1S/C27H46N8O5/c1-17(2)15-19(29)23(36)33-21(12-8-14-32-27(30)31)24(37)34-20(11-6-7-13-28)25(38)35-22(26(39)40)16-18-9-4-3-5-10-18/h3-5,9-10,17,19-22H,6-8,11-16,28-29H2,1-2H3,(H,33,36)(H,34,37)(H,35,38)(H,39,40)(H4,30,31,32). The summed E-state index contributed by atoms with van der Waals surface area (Å²) in [5.41, 5.74) is 23.1. The predicted octanol–water partition coefficient (Wildman–Crippen LogP) is -0.676. The molecule has 0 heterocycles. The van der Waals surface area contributed by atoms with E-state index in [0.29, 0.717) is 32.2 Å². The van der Waals surface area contributed by atoms with Gasteiger partial charge in [-0.3, -0.25) is 19.4 Å². The third kappa shape index (κ3) is 13.9. The van der Waals surface area contributed by atoms with Crippen molar-refractivity contribution in [3.05, 3.63) is 35.9 Å². The first-order valence-corrected chi connectivity index (χ1v) is 13.6. The zero-order valence-electron chi connectivity index (χ0n) is 23.5. The van der Waals surface area contributed by atoms with Crippen LogP contribution in [0.4, 0.5) is 0 Å². The van der Waals surface area contributed by atoms with E-state index in [-0.39, 0.29) is 37.7 Å². The highest BCUT2D eigenvalue weighted by molar-refractivity contribution is 5.94. The van der Waals surface area contributed by atoms with Gasteiger partial charge in [-0.25, -0.2) is 4.79 Å². The van der Waals surface area contributed by atoms with Gasteiger partial charge >= 0.3 is 5.97 Å². The van der Waals surface area contributed by atoms with Crippen molar-refractivity contribution in [1.82, 2.24) is 16.0 Å². The summed E-state index contributed by atoms with van der Waals surface area (Å²) in [7, 11) is 0. The van der Waals surface area contributed by atoms with Crippen molar-refractivity contribution in [2.24, 2.45) is 33.8 Å². The number of benzene rings is 1. The van der Waals surface area contributed by atoms with Gasteiger partial charge in [0, 0.05) is 13.0 Å². The molecule has 13 nitrogen and oxygen atoms in total. The number of amides is 3. The quantitative estimate of drug-likeness (QED) is 0.0604. The van der Waals surface area contributed by atoms with Gasteiger partial charge in [0.2, 0.25) is 17.7 Å². The lowest BCUT2D eigenvalue weighted by Crippen LogP contribution is -2.57. The molecule has 0 aromatic heterocycles. The number of rotatable bonds is 19. The van der Waals surface area contributed by atoms with Gasteiger partial charge in [0.05, 0.1) is 6.04 Å². The lowest BCUT2D eigenvalue weighted by atomic mass is 10.0. The molecule has 4 unspecified atom stereocenters. The molecular weight excluding hydrogens is 516 g/mol. The molecule has 12 N–H and O–H groups in total. The number of carbonyl (C=O) groups excluding carboxylic acids is 3. The number of nitrogens with zero attached hydrogens (tertiary/aromatic N) is 1. The van der Waals surface area contributed by atoms with E-state index in [2.05, 4.69) is 20.9 Å². The fourth-order valence-electron chi connectivity index (χ4n) is 4.02. The predicted molar refractivity (Wildman–Crippen MR) is 154 cm³/mol. The van der Waals surface area contributed by atoms with Gasteiger partial charge < -0.3 is 44.0 Å². The third-order valence-corrected chi connectivity index (χ3v) is 6.12. The second-order valence-corrected chi connectivity index (χ2v) is 10.2. The molecule has 3 amide bonds. The molecule has 1 aromatic rings. The van der Waals surface area contributed by atoms with Crippen LogP contribution < -0.4 is 38.9 Å². The minimum absolute atomic E-state index is 0.0720. The summed E-state index contributed by atoms with van der Waals surface area (Å²) in [6.45, 7) is 4.49. The first kappa shape index (κ1) is 34.3. The molecule has 4 atom stereocenters. The zero-order chi connectivity index (χ0) is 30.1. The normalized spacial score (nSPS) is 13.9. The number of nitrogens with two attached hydrogens (primary N) is 4. The molecule has 1 rings (SSSR count). The van der Waals surface area contributed by atoms with Crippen LogP contribution >= 0.6 is 0 Å². The Kier molecular flexibility index (Phi) is 15.9. The summed E-state index contributed by atoms with van der Waals surface area (Å²) >= 11 is 0. The Balaban J connectivity index is 3.05. The van der Waals surface area contributed by atoms with E-state index in [1.807, 2.05) is 19.9 Å². The van der Waals surface area contributed by atoms with Gasteiger partial charge in [0.15, 0.2) is 5.96 Å². The Labute approximate surface area is 235 Å². The SMILES string of the molecule is CC(C)CC(N)C(=O)NC(CCCN=C(N)N)C(=O)NC(CCCCN)C(=O)NC(Cc1ccccc1)C(=O)O. The summed E-state index contributed by atoms with van der Waals surface area (Å²) < 4.78 is 0. The van der Waals surface area contributed by atoms with Gasteiger partial charge in [-0.1, -0.05) is 44.2 Å². The van der Waals surface area contributed by atoms with E-state index in [1.54, 1.807) is 24.3 Å². The first-order valence-electron chi connectivity index (χ1n) is 13.6. The van der Waals surface area contributed by atoms with E-state index in [0.717, 1.165) is 5.56 Å². The molecule has 0 saturated heterocycles. The number of carboxylic acids is 1. The molecule has 0 fully saturated rings.